The van der Waals surface area contributed by atoms with Crippen LogP contribution >= 0.6 is 0 Å². The molecule has 0 amide bonds. The maximum absolute atomic E-state index is 12.1. The summed E-state index contributed by atoms with van der Waals surface area (Å²) >= 11 is 0. The third-order valence-electron chi connectivity index (χ3n) is 4.04. The van der Waals surface area contributed by atoms with Gasteiger partial charge in [-0.2, -0.15) is 5.26 Å². The number of rotatable bonds is 7. The van der Waals surface area contributed by atoms with Crippen molar-refractivity contribution in [2.24, 2.45) is 5.14 Å². The first-order valence-electron chi connectivity index (χ1n) is 8.61. The SMILES string of the molecule is CS(=O)(=O)c1ccc(S(N)(=O)=O)cc1CNc1cc(Nc2ccc(C#N)cn2)ncn1. The fourth-order valence-corrected chi connectivity index (χ4v) is 4.09. The summed E-state index contributed by atoms with van der Waals surface area (Å²) in [5.41, 5.74) is 0.634. The fraction of sp³-hybridized carbons (Fsp3) is 0.111. The Morgan fingerprint density at radius 1 is 1.00 bits per heavy atom. The highest BCUT2D eigenvalue weighted by Gasteiger charge is 2.17. The second-order valence-electron chi connectivity index (χ2n) is 6.40. The van der Waals surface area contributed by atoms with E-state index in [0.717, 1.165) is 12.3 Å². The molecule has 2 heterocycles. The molecule has 0 aliphatic carbocycles. The molecule has 0 spiro atoms. The van der Waals surface area contributed by atoms with Gasteiger partial charge in [-0.15, -0.1) is 0 Å². The number of anilines is 3. The second-order valence-corrected chi connectivity index (χ2v) is 9.94. The van der Waals surface area contributed by atoms with Gasteiger partial charge >= 0.3 is 0 Å². The molecule has 31 heavy (non-hydrogen) atoms. The maximum atomic E-state index is 12.1. The van der Waals surface area contributed by atoms with Crippen molar-refractivity contribution >= 4 is 37.3 Å². The van der Waals surface area contributed by atoms with E-state index in [1.165, 1.54) is 24.7 Å². The molecule has 0 bridgehead atoms. The number of sulfone groups is 1. The number of nitrogens with one attached hydrogen (secondary N) is 2. The van der Waals surface area contributed by atoms with Gasteiger partial charge < -0.3 is 10.6 Å². The van der Waals surface area contributed by atoms with Crippen LogP contribution in [0.1, 0.15) is 11.1 Å². The zero-order chi connectivity index (χ0) is 22.6. The summed E-state index contributed by atoms with van der Waals surface area (Å²) in [5, 5.41) is 19.9. The standard InChI is InChI=1S/C18H17N7O4S2/c1-30(26,27)15-4-3-14(31(20,28)29)6-13(15)10-22-17-7-18(24-11-23-17)25-16-5-2-12(8-19)9-21-16/h2-7,9,11H,10H2,1H3,(H2,20,28,29)(H2,21,22,23,24,25). The highest BCUT2D eigenvalue weighted by atomic mass is 32.2. The summed E-state index contributed by atoms with van der Waals surface area (Å²) in [4.78, 5) is 12.0. The zero-order valence-corrected chi connectivity index (χ0v) is 17.8. The van der Waals surface area contributed by atoms with Crippen LogP contribution in [-0.2, 0) is 26.4 Å². The first kappa shape index (κ1) is 22.1. The average molecular weight is 460 g/mol. The van der Waals surface area contributed by atoms with Crippen molar-refractivity contribution in [1.82, 2.24) is 15.0 Å². The van der Waals surface area contributed by atoms with Crippen LogP contribution in [0, 0.1) is 11.3 Å². The number of pyridine rings is 1. The van der Waals surface area contributed by atoms with Crippen molar-refractivity contribution in [3.8, 4) is 6.07 Å². The molecule has 1 aromatic carbocycles. The van der Waals surface area contributed by atoms with Gasteiger partial charge in [0.1, 0.15) is 29.9 Å². The predicted octanol–water partition coefficient (Wildman–Crippen LogP) is 1.15. The van der Waals surface area contributed by atoms with Gasteiger partial charge in [-0.3, -0.25) is 0 Å². The number of benzene rings is 1. The number of hydrogen-bond donors (Lipinski definition) is 3. The number of aromatic nitrogens is 3. The maximum Gasteiger partial charge on any atom is 0.238 e. The molecule has 13 heteroatoms. The average Bonchev–Trinajstić information content (AvgIpc) is 2.71. The molecule has 2 aromatic heterocycles. The molecule has 11 nitrogen and oxygen atoms in total. The van der Waals surface area contributed by atoms with Gasteiger partial charge in [-0.1, -0.05) is 0 Å². The predicted molar refractivity (Wildman–Crippen MR) is 113 cm³/mol. The summed E-state index contributed by atoms with van der Waals surface area (Å²) in [5.74, 6) is 1.21. The summed E-state index contributed by atoms with van der Waals surface area (Å²) < 4.78 is 47.4. The lowest BCUT2D eigenvalue weighted by atomic mass is 10.2. The number of nitrogens with two attached hydrogens (primary N) is 1. The van der Waals surface area contributed by atoms with E-state index in [0.29, 0.717) is 23.0 Å². The summed E-state index contributed by atoms with van der Waals surface area (Å²) in [6, 6.07) is 10.3. The molecule has 3 aromatic rings. The van der Waals surface area contributed by atoms with Crippen molar-refractivity contribution < 1.29 is 16.8 Å². The zero-order valence-electron chi connectivity index (χ0n) is 16.1. The molecule has 0 atom stereocenters. The van der Waals surface area contributed by atoms with E-state index in [4.69, 9.17) is 10.4 Å². The van der Waals surface area contributed by atoms with Crippen molar-refractivity contribution in [3.63, 3.8) is 0 Å². The van der Waals surface area contributed by atoms with Crippen LogP contribution in [0.2, 0.25) is 0 Å². The van der Waals surface area contributed by atoms with E-state index < -0.39 is 19.9 Å². The number of nitriles is 1. The van der Waals surface area contributed by atoms with Crippen LogP contribution in [-0.4, -0.2) is 38.0 Å². The first-order valence-corrected chi connectivity index (χ1v) is 12.0. The lowest BCUT2D eigenvalue weighted by Gasteiger charge is -2.12. The van der Waals surface area contributed by atoms with E-state index in [1.54, 1.807) is 18.2 Å². The highest BCUT2D eigenvalue weighted by molar-refractivity contribution is 7.90. The number of sulfonamides is 1. The lowest BCUT2D eigenvalue weighted by Crippen LogP contribution is -2.15. The molecule has 0 saturated carbocycles. The van der Waals surface area contributed by atoms with Crippen LogP contribution < -0.4 is 15.8 Å². The number of primary sulfonamides is 1. The summed E-state index contributed by atoms with van der Waals surface area (Å²) in [6.45, 7) is -0.0304. The van der Waals surface area contributed by atoms with Crippen LogP contribution in [0.4, 0.5) is 17.5 Å². The van der Waals surface area contributed by atoms with Crippen LogP contribution in [0.5, 0.6) is 0 Å². The Hall–Kier alpha value is -3.60. The Balaban J connectivity index is 1.82. The number of nitrogens with zero attached hydrogens (tertiary/aromatic N) is 4. The normalized spacial score (nSPS) is 11.5. The van der Waals surface area contributed by atoms with Gasteiger partial charge in [-0.25, -0.2) is 36.9 Å². The van der Waals surface area contributed by atoms with Crippen molar-refractivity contribution in [1.29, 1.82) is 5.26 Å². The van der Waals surface area contributed by atoms with Gasteiger partial charge in [0.2, 0.25) is 10.0 Å². The van der Waals surface area contributed by atoms with Crippen LogP contribution in [0.15, 0.2) is 58.7 Å². The molecule has 4 N–H and O–H groups in total. The van der Waals surface area contributed by atoms with Gasteiger partial charge in [0, 0.05) is 25.1 Å². The molecule has 0 aliphatic rings. The first-order chi connectivity index (χ1) is 14.6. The van der Waals surface area contributed by atoms with E-state index >= 15 is 0 Å². The van der Waals surface area contributed by atoms with Crippen LogP contribution in [0.3, 0.4) is 0 Å². The van der Waals surface area contributed by atoms with Gasteiger partial charge in [0.25, 0.3) is 0 Å². The lowest BCUT2D eigenvalue weighted by molar-refractivity contribution is 0.594. The topological polar surface area (TPSA) is 181 Å². The Bertz CT molecular complexity index is 1370. The van der Waals surface area contributed by atoms with Crippen LogP contribution in [0.25, 0.3) is 0 Å². The molecule has 0 unspecified atom stereocenters. The quantitative estimate of drug-likeness (QED) is 0.463. The minimum absolute atomic E-state index is 0.0263. The Kier molecular flexibility index (Phi) is 6.16. The van der Waals surface area contributed by atoms with E-state index in [9.17, 15) is 16.8 Å². The highest BCUT2D eigenvalue weighted by Crippen LogP contribution is 2.22. The molecule has 0 saturated heterocycles. The molecule has 3 rings (SSSR count). The molecular formula is C18H17N7O4S2. The Labute approximate surface area is 179 Å². The van der Waals surface area contributed by atoms with E-state index in [-0.39, 0.29) is 21.9 Å². The fourth-order valence-electron chi connectivity index (χ4n) is 2.61. The second kappa shape index (κ2) is 8.64. The monoisotopic (exact) mass is 459 g/mol. The molecule has 160 valence electrons. The van der Waals surface area contributed by atoms with Crippen molar-refractivity contribution in [2.75, 3.05) is 16.9 Å². The van der Waals surface area contributed by atoms with Gasteiger partial charge in [0.15, 0.2) is 9.84 Å². The van der Waals surface area contributed by atoms with Crippen molar-refractivity contribution in [3.05, 3.63) is 60.0 Å². The van der Waals surface area contributed by atoms with Crippen molar-refractivity contribution in [2.45, 2.75) is 16.3 Å². The smallest absolute Gasteiger partial charge is 0.238 e. The molecule has 0 fully saturated rings. The molecule has 0 aliphatic heterocycles. The number of hydrogen-bond acceptors (Lipinski definition) is 10. The largest absolute Gasteiger partial charge is 0.366 e. The summed E-state index contributed by atoms with van der Waals surface area (Å²) in [7, 11) is -7.61. The molecular weight excluding hydrogens is 442 g/mol. The minimum atomic E-state index is -4.00. The summed E-state index contributed by atoms with van der Waals surface area (Å²) in [6.07, 6.45) is 3.72. The van der Waals surface area contributed by atoms with Gasteiger partial charge in [-0.05, 0) is 35.9 Å². The third-order valence-corrected chi connectivity index (χ3v) is 6.14. The Morgan fingerprint density at radius 3 is 2.35 bits per heavy atom. The minimum Gasteiger partial charge on any atom is -0.366 e. The van der Waals surface area contributed by atoms with E-state index in [2.05, 4.69) is 25.6 Å². The van der Waals surface area contributed by atoms with E-state index in [1.807, 2.05) is 6.07 Å². The van der Waals surface area contributed by atoms with Gasteiger partial charge in [0.05, 0.1) is 15.4 Å². The molecule has 0 radical (unpaired) electrons. The third kappa shape index (κ3) is 5.72. The Morgan fingerprint density at radius 2 is 1.74 bits per heavy atom.